The van der Waals surface area contributed by atoms with E-state index in [9.17, 15) is 0 Å². The number of rotatable bonds is 1. The van der Waals surface area contributed by atoms with Crippen LogP contribution in [0.2, 0.25) is 0 Å². The standard InChI is InChI=1S/C18H11Br2N.C12H7Br2N.C6H5I.2C2H6.B/c19-12-6-8-17-15(10-12)16-11-13(20)7-9-18(16)21(17)14-4-2-1-3-5-14;13-7-1-3-11-9(5-7)10-6-8(14)2-4-12(10)15-11;7-6-4-2-1-3-5-6;2*1-2;/h1-11H;1-6,15H;1-5H;2*1-2H3;. The fraction of sp³-hybridized carbons (Fsp3) is 0.100. The Morgan fingerprint density at radius 3 is 1.19 bits per heavy atom. The average molecular weight is 1000 g/mol. The normalized spacial score (nSPS) is 10.0. The van der Waals surface area contributed by atoms with Crippen molar-refractivity contribution in [2.75, 3.05) is 0 Å². The Kier molecular flexibility index (Phi) is 16.5. The number of nitrogens with one attached hydrogen (secondary N) is 1. The van der Waals surface area contributed by atoms with E-state index >= 15 is 0 Å². The Morgan fingerprint density at radius 2 is 0.812 bits per heavy atom. The van der Waals surface area contributed by atoms with Crippen LogP contribution in [0, 0.1) is 3.57 Å². The highest BCUT2D eigenvalue weighted by atomic mass is 127. The Morgan fingerprint density at radius 1 is 0.458 bits per heavy atom. The number of hydrogen-bond acceptors (Lipinski definition) is 0. The highest BCUT2D eigenvalue weighted by Gasteiger charge is 2.12. The first-order valence-electron chi connectivity index (χ1n) is 15.4. The van der Waals surface area contributed by atoms with Crippen LogP contribution in [0.25, 0.3) is 49.3 Å². The third-order valence-corrected chi connectivity index (χ3v) is 9.65. The van der Waals surface area contributed by atoms with Gasteiger partial charge < -0.3 is 9.55 Å². The first-order chi connectivity index (χ1) is 22.9. The first-order valence-corrected chi connectivity index (χ1v) is 19.6. The number of aromatic nitrogens is 2. The smallest absolute Gasteiger partial charge is 0.0541 e. The third-order valence-electron chi connectivity index (χ3n) is 6.96. The van der Waals surface area contributed by atoms with Crippen LogP contribution in [0.15, 0.2) is 151 Å². The maximum atomic E-state index is 3.58. The number of benzene rings is 6. The molecule has 0 aliphatic carbocycles. The van der Waals surface area contributed by atoms with E-state index in [1.807, 2.05) is 64.1 Å². The summed E-state index contributed by atoms with van der Waals surface area (Å²) in [6, 6.07) is 46.1. The molecule has 0 unspecified atom stereocenters. The largest absolute Gasteiger partial charge is 0.355 e. The third kappa shape index (κ3) is 9.87. The highest BCUT2D eigenvalue weighted by Crippen LogP contribution is 2.35. The molecule has 6 aromatic carbocycles. The van der Waals surface area contributed by atoms with Gasteiger partial charge in [0, 0.05) is 68.1 Å². The minimum atomic E-state index is 0. The topological polar surface area (TPSA) is 20.7 Å². The van der Waals surface area contributed by atoms with Crippen LogP contribution < -0.4 is 0 Å². The van der Waals surface area contributed by atoms with E-state index in [1.54, 1.807) is 0 Å². The van der Waals surface area contributed by atoms with Gasteiger partial charge in [-0.3, -0.25) is 0 Å². The van der Waals surface area contributed by atoms with Gasteiger partial charge in [0.05, 0.1) is 11.0 Å². The summed E-state index contributed by atoms with van der Waals surface area (Å²) in [4.78, 5) is 3.39. The van der Waals surface area contributed by atoms with Gasteiger partial charge in [0.2, 0.25) is 0 Å². The fourth-order valence-electron chi connectivity index (χ4n) is 5.08. The van der Waals surface area contributed by atoms with Crippen molar-refractivity contribution in [2.24, 2.45) is 0 Å². The number of para-hydroxylation sites is 1. The zero-order chi connectivity index (χ0) is 33.9. The summed E-state index contributed by atoms with van der Waals surface area (Å²) in [5.41, 5.74) is 5.97. The van der Waals surface area contributed by atoms with Gasteiger partial charge in [-0.2, -0.15) is 0 Å². The predicted molar refractivity (Wildman–Crippen MR) is 235 cm³/mol. The SMILES string of the molecule is Brc1ccc2[nH]c3ccc(Br)cc3c2c1.Brc1ccc2c(c1)c1cc(Br)ccc1n2-c1ccccc1.CC.CC.Ic1ccccc1.[B]. The molecule has 3 radical (unpaired) electrons. The fourth-order valence-corrected chi connectivity index (χ4v) is 6.94. The minimum absolute atomic E-state index is 0. The van der Waals surface area contributed by atoms with Gasteiger partial charge in [0.25, 0.3) is 0 Å². The average Bonchev–Trinajstić information content (AvgIpc) is 3.62. The lowest BCUT2D eigenvalue weighted by atomic mass is 10.2. The number of hydrogen-bond donors (Lipinski definition) is 1. The molecule has 8 rings (SSSR count). The van der Waals surface area contributed by atoms with Crippen molar-refractivity contribution in [1.82, 2.24) is 9.55 Å². The molecule has 8 heteroatoms. The second-order valence-corrected chi connectivity index (χ2v) is 14.7. The summed E-state index contributed by atoms with van der Waals surface area (Å²) in [6.45, 7) is 8.00. The summed E-state index contributed by atoms with van der Waals surface area (Å²) in [5, 5.41) is 5.01. The van der Waals surface area contributed by atoms with Gasteiger partial charge >= 0.3 is 0 Å². The molecule has 0 aliphatic rings. The summed E-state index contributed by atoms with van der Waals surface area (Å²) < 4.78 is 8.01. The number of fused-ring (bicyclic) bond motifs is 6. The maximum Gasteiger partial charge on any atom is 0.0541 e. The van der Waals surface area contributed by atoms with Crippen LogP contribution >= 0.6 is 86.3 Å². The molecule has 0 amide bonds. The molecule has 8 aromatic rings. The molecular weight excluding hydrogens is 966 g/mol. The number of halogens is 5. The number of nitrogens with zero attached hydrogens (tertiary/aromatic N) is 1. The number of aromatic amines is 1. The molecule has 0 saturated heterocycles. The van der Waals surface area contributed by atoms with Gasteiger partial charge in [-0.25, -0.2) is 0 Å². The van der Waals surface area contributed by atoms with Crippen molar-refractivity contribution in [2.45, 2.75) is 27.7 Å². The predicted octanol–water partition coefficient (Wildman–Crippen LogP) is 15.1. The van der Waals surface area contributed by atoms with E-state index < -0.39 is 0 Å². The molecule has 2 aromatic heterocycles. The summed E-state index contributed by atoms with van der Waals surface area (Å²) >= 11 is 16.4. The van der Waals surface area contributed by atoms with Gasteiger partial charge in [-0.15, -0.1) is 0 Å². The lowest BCUT2D eigenvalue weighted by molar-refractivity contribution is 1.18. The highest BCUT2D eigenvalue weighted by molar-refractivity contribution is 14.1. The zero-order valence-electron chi connectivity index (χ0n) is 27.1. The van der Waals surface area contributed by atoms with Gasteiger partial charge in [0.15, 0.2) is 0 Å². The molecule has 0 aliphatic heterocycles. The van der Waals surface area contributed by atoms with E-state index in [2.05, 4.69) is 193 Å². The van der Waals surface area contributed by atoms with Crippen molar-refractivity contribution in [3.8, 4) is 5.69 Å². The molecule has 2 heterocycles. The van der Waals surface area contributed by atoms with Crippen molar-refractivity contribution in [3.05, 3.63) is 155 Å². The quantitative estimate of drug-likeness (QED) is 0.125. The van der Waals surface area contributed by atoms with E-state index in [1.165, 1.54) is 52.9 Å². The van der Waals surface area contributed by atoms with Crippen molar-refractivity contribution < 1.29 is 0 Å². The lowest BCUT2D eigenvalue weighted by Crippen LogP contribution is -1.92. The Bertz CT molecular complexity index is 2080. The monoisotopic (exact) mass is 997 g/mol. The van der Waals surface area contributed by atoms with E-state index in [0.29, 0.717) is 0 Å². The van der Waals surface area contributed by atoms with Crippen molar-refractivity contribution in [3.63, 3.8) is 0 Å². The number of H-pyrrole nitrogens is 1. The van der Waals surface area contributed by atoms with E-state index in [4.69, 9.17) is 0 Å². The molecule has 0 fully saturated rings. The molecule has 48 heavy (non-hydrogen) atoms. The van der Waals surface area contributed by atoms with Crippen LogP contribution in [0.5, 0.6) is 0 Å². The van der Waals surface area contributed by atoms with Crippen LogP contribution in [-0.2, 0) is 0 Å². The zero-order valence-corrected chi connectivity index (χ0v) is 35.6. The first kappa shape index (κ1) is 40.1. The van der Waals surface area contributed by atoms with Gasteiger partial charge in [-0.1, -0.05) is 128 Å². The van der Waals surface area contributed by atoms with Crippen LogP contribution in [0.4, 0.5) is 0 Å². The molecule has 1 N–H and O–H groups in total. The second-order valence-electron chi connectivity index (χ2n) is 9.79. The molecule has 0 bridgehead atoms. The molecule has 243 valence electrons. The molecule has 0 spiro atoms. The summed E-state index contributed by atoms with van der Waals surface area (Å²) in [7, 11) is 0. The van der Waals surface area contributed by atoms with Gasteiger partial charge in [0.1, 0.15) is 0 Å². The molecule has 0 saturated carbocycles. The lowest BCUT2D eigenvalue weighted by Gasteiger charge is -2.07. The van der Waals surface area contributed by atoms with Gasteiger partial charge in [-0.05, 0) is 120 Å². The molecular formula is C40H35BBr4IN2. The summed E-state index contributed by atoms with van der Waals surface area (Å²) in [5.74, 6) is 0. The summed E-state index contributed by atoms with van der Waals surface area (Å²) in [6.07, 6.45) is 0. The Balaban J connectivity index is 0.000000202. The Labute approximate surface area is 332 Å². The van der Waals surface area contributed by atoms with Crippen LogP contribution in [0.1, 0.15) is 27.7 Å². The van der Waals surface area contributed by atoms with E-state index in [-0.39, 0.29) is 8.41 Å². The van der Waals surface area contributed by atoms with Crippen LogP contribution in [0.3, 0.4) is 0 Å². The van der Waals surface area contributed by atoms with Crippen LogP contribution in [-0.4, -0.2) is 18.0 Å². The Hall–Kier alpha value is -2.37. The maximum absolute atomic E-state index is 3.58. The van der Waals surface area contributed by atoms with Crippen molar-refractivity contribution >= 4 is 138 Å². The molecule has 2 nitrogen and oxygen atoms in total. The molecule has 0 atom stereocenters. The second kappa shape index (κ2) is 19.7. The van der Waals surface area contributed by atoms with Crippen molar-refractivity contribution in [1.29, 1.82) is 0 Å². The van der Waals surface area contributed by atoms with E-state index in [0.717, 1.165) is 17.9 Å². The minimum Gasteiger partial charge on any atom is -0.355 e.